The van der Waals surface area contributed by atoms with Crippen molar-refractivity contribution in [1.82, 2.24) is 0 Å². The lowest BCUT2D eigenvalue weighted by Crippen LogP contribution is -1.91. The van der Waals surface area contributed by atoms with Crippen LogP contribution in [0.25, 0.3) is 4.98 Å². The molecule has 0 aliphatic carbocycles. The van der Waals surface area contributed by atoms with Crippen molar-refractivity contribution in [3.63, 3.8) is 0 Å². The largest absolute Gasteiger partial charge is 0.457 e. The van der Waals surface area contributed by atoms with Crippen LogP contribution in [-0.2, 0) is 0 Å². The van der Waals surface area contributed by atoms with Gasteiger partial charge in [0, 0.05) is 12.1 Å². The topological polar surface area (TPSA) is 37.4 Å². The van der Waals surface area contributed by atoms with Crippen LogP contribution in [0.4, 0.5) is 5.69 Å². The SMILES string of the molecule is Cc1cc(C)c(C)c(Oc2ccc([N+]#N)cc2)c1. The minimum Gasteiger partial charge on any atom is -0.457 e. The summed E-state index contributed by atoms with van der Waals surface area (Å²) in [7, 11) is 0. The van der Waals surface area contributed by atoms with Gasteiger partial charge in [-0.05, 0) is 55.7 Å². The zero-order valence-corrected chi connectivity index (χ0v) is 10.8. The number of hydrogen-bond donors (Lipinski definition) is 0. The van der Waals surface area contributed by atoms with E-state index < -0.39 is 0 Å². The van der Waals surface area contributed by atoms with Gasteiger partial charge in [0.05, 0.1) is 0 Å². The van der Waals surface area contributed by atoms with Gasteiger partial charge in [0.25, 0.3) is 0 Å². The van der Waals surface area contributed by atoms with E-state index in [0.29, 0.717) is 5.69 Å². The molecule has 0 amide bonds. The molecule has 0 spiro atoms. The van der Waals surface area contributed by atoms with E-state index in [1.807, 2.05) is 19.9 Å². The molecule has 2 aromatic carbocycles. The summed E-state index contributed by atoms with van der Waals surface area (Å²) in [5, 5.41) is 8.62. The van der Waals surface area contributed by atoms with Crippen molar-refractivity contribution < 1.29 is 4.74 Å². The molecule has 0 atom stereocenters. The Morgan fingerprint density at radius 2 is 1.67 bits per heavy atom. The second-order valence-corrected chi connectivity index (χ2v) is 4.40. The van der Waals surface area contributed by atoms with Gasteiger partial charge in [-0.25, -0.2) is 0 Å². The molecule has 0 aliphatic rings. The predicted octanol–water partition coefficient (Wildman–Crippen LogP) is 4.89. The first-order chi connectivity index (χ1) is 8.60. The summed E-state index contributed by atoms with van der Waals surface area (Å²) in [6.07, 6.45) is 0. The van der Waals surface area contributed by atoms with Crippen LogP contribution in [0.15, 0.2) is 36.4 Å². The Hall–Kier alpha value is -2.34. The molecule has 0 aromatic heterocycles. The van der Waals surface area contributed by atoms with Crippen molar-refractivity contribution in [3.05, 3.63) is 58.1 Å². The molecule has 0 radical (unpaired) electrons. The molecule has 0 N–H and O–H groups in total. The van der Waals surface area contributed by atoms with E-state index in [0.717, 1.165) is 17.1 Å². The first-order valence-electron chi connectivity index (χ1n) is 5.81. The molecule has 2 aromatic rings. The maximum Gasteiger partial charge on any atom is 0.385 e. The predicted molar refractivity (Wildman–Crippen MR) is 71.9 cm³/mol. The number of benzene rings is 2. The Morgan fingerprint density at radius 1 is 1.00 bits per heavy atom. The van der Waals surface area contributed by atoms with Crippen LogP contribution >= 0.6 is 0 Å². The third kappa shape index (κ3) is 2.49. The lowest BCUT2D eigenvalue weighted by molar-refractivity contribution is 0.478. The van der Waals surface area contributed by atoms with Crippen molar-refractivity contribution in [3.8, 4) is 11.5 Å². The highest BCUT2D eigenvalue weighted by Crippen LogP contribution is 2.29. The maximum atomic E-state index is 8.62. The average molecular weight is 239 g/mol. The lowest BCUT2D eigenvalue weighted by Gasteiger charge is -2.11. The van der Waals surface area contributed by atoms with Gasteiger partial charge in [0.1, 0.15) is 11.5 Å². The van der Waals surface area contributed by atoms with Gasteiger partial charge in [0.2, 0.25) is 5.39 Å². The van der Waals surface area contributed by atoms with Crippen molar-refractivity contribution in [2.24, 2.45) is 0 Å². The molecule has 3 heteroatoms. The average Bonchev–Trinajstić information content (AvgIpc) is 2.36. The van der Waals surface area contributed by atoms with Crippen LogP contribution in [0.3, 0.4) is 0 Å². The Labute approximate surface area is 107 Å². The first-order valence-corrected chi connectivity index (χ1v) is 5.81. The van der Waals surface area contributed by atoms with E-state index in [-0.39, 0.29) is 0 Å². The van der Waals surface area contributed by atoms with E-state index in [2.05, 4.69) is 18.0 Å². The smallest absolute Gasteiger partial charge is 0.385 e. The fourth-order valence-electron chi connectivity index (χ4n) is 1.81. The van der Waals surface area contributed by atoms with Gasteiger partial charge in [-0.3, -0.25) is 0 Å². The molecule has 0 saturated carbocycles. The van der Waals surface area contributed by atoms with E-state index in [4.69, 9.17) is 10.1 Å². The molecule has 3 nitrogen and oxygen atoms in total. The van der Waals surface area contributed by atoms with Gasteiger partial charge in [-0.1, -0.05) is 6.07 Å². The summed E-state index contributed by atoms with van der Waals surface area (Å²) in [6.45, 7) is 6.16. The van der Waals surface area contributed by atoms with Crippen LogP contribution in [0, 0.1) is 26.2 Å². The molecule has 0 aliphatic heterocycles. The van der Waals surface area contributed by atoms with Gasteiger partial charge < -0.3 is 4.74 Å². The molecular formula is C15H15N2O+. The Bertz CT molecular complexity index is 610. The molecule has 0 saturated heterocycles. The van der Waals surface area contributed by atoms with Crippen molar-refractivity contribution in [2.75, 3.05) is 0 Å². The van der Waals surface area contributed by atoms with E-state index in [9.17, 15) is 0 Å². The molecule has 0 unspecified atom stereocenters. The van der Waals surface area contributed by atoms with Crippen LogP contribution in [0.5, 0.6) is 11.5 Å². The zero-order valence-electron chi connectivity index (χ0n) is 10.8. The Kier molecular flexibility index (Phi) is 3.29. The minimum atomic E-state index is 0.513. The summed E-state index contributed by atoms with van der Waals surface area (Å²) >= 11 is 0. The van der Waals surface area contributed by atoms with Crippen molar-refractivity contribution in [1.29, 1.82) is 5.39 Å². The fourth-order valence-corrected chi connectivity index (χ4v) is 1.81. The second-order valence-electron chi connectivity index (χ2n) is 4.40. The Balaban J connectivity index is 2.31. The highest BCUT2D eigenvalue weighted by atomic mass is 16.5. The summed E-state index contributed by atoms with van der Waals surface area (Å²) in [5.41, 5.74) is 4.04. The number of rotatable bonds is 2. The molecule has 0 heterocycles. The maximum absolute atomic E-state index is 8.62. The molecule has 0 fully saturated rings. The number of aryl methyl sites for hydroxylation is 2. The van der Waals surface area contributed by atoms with E-state index >= 15 is 0 Å². The van der Waals surface area contributed by atoms with Crippen LogP contribution in [0.2, 0.25) is 0 Å². The third-order valence-electron chi connectivity index (χ3n) is 2.94. The fraction of sp³-hybridized carbons (Fsp3) is 0.200. The van der Waals surface area contributed by atoms with Gasteiger partial charge in [0.15, 0.2) is 4.98 Å². The van der Waals surface area contributed by atoms with E-state index in [1.165, 1.54) is 11.1 Å². The lowest BCUT2D eigenvalue weighted by atomic mass is 10.1. The molecule has 90 valence electrons. The van der Waals surface area contributed by atoms with Crippen LogP contribution in [0.1, 0.15) is 16.7 Å². The summed E-state index contributed by atoms with van der Waals surface area (Å²) in [5.74, 6) is 1.59. The highest BCUT2D eigenvalue weighted by molar-refractivity contribution is 5.49. The van der Waals surface area contributed by atoms with Gasteiger partial charge >= 0.3 is 5.69 Å². The summed E-state index contributed by atoms with van der Waals surface area (Å²) in [6, 6.07) is 11.1. The van der Waals surface area contributed by atoms with Gasteiger partial charge in [-0.2, -0.15) is 0 Å². The number of diazo groups is 1. The van der Waals surface area contributed by atoms with Crippen LogP contribution < -0.4 is 4.74 Å². The summed E-state index contributed by atoms with van der Waals surface area (Å²) in [4.78, 5) is 3.11. The second kappa shape index (κ2) is 4.89. The number of ether oxygens (including phenoxy) is 1. The van der Waals surface area contributed by atoms with Crippen molar-refractivity contribution in [2.45, 2.75) is 20.8 Å². The number of nitrogens with zero attached hydrogens (tertiary/aromatic N) is 2. The standard InChI is InChI=1S/C15H15N2O/c1-10-8-11(2)12(3)15(9-10)18-14-6-4-13(17-16)5-7-14/h4-9H,1-3H3/q+1. The molecule has 18 heavy (non-hydrogen) atoms. The van der Waals surface area contributed by atoms with Gasteiger partial charge in [-0.15, -0.1) is 0 Å². The molecular weight excluding hydrogens is 224 g/mol. The molecule has 0 bridgehead atoms. The highest BCUT2D eigenvalue weighted by Gasteiger charge is 2.07. The monoisotopic (exact) mass is 239 g/mol. The van der Waals surface area contributed by atoms with Crippen LogP contribution in [-0.4, -0.2) is 0 Å². The summed E-state index contributed by atoms with van der Waals surface area (Å²) < 4.78 is 5.85. The van der Waals surface area contributed by atoms with E-state index in [1.54, 1.807) is 24.3 Å². The Morgan fingerprint density at radius 3 is 2.28 bits per heavy atom. The third-order valence-corrected chi connectivity index (χ3v) is 2.94. The molecule has 2 rings (SSSR count). The minimum absolute atomic E-state index is 0.513. The zero-order chi connectivity index (χ0) is 13.1. The normalized spacial score (nSPS) is 9.89. The quantitative estimate of drug-likeness (QED) is 0.700. The van der Waals surface area contributed by atoms with Crippen molar-refractivity contribution >= 4 is 5.69 Å². The first kappa shape index (κ1) is 12.1. The number of hydrogen-bond acceptors (Lipinski definition) is 2.